The number of carbonyl (C=O) groups is 1. The van der Waals surface area contributed by atoms with Crippen molar-refractivity contribution >= 4 is 32.7 Å². The number of benzene rings is 2. The molecule has 0 aliphatic rings. The molecule has 0 unspecified atom stereocenters. The van der Waals surface area contributed by atoms with E-state index < -0.39 is 15.9 Å². The van der Waals surface area contributed by atoms with E-state index in [9.17, 15) is 13.2 Å². The van der Waals surface area contributed by atoms with E-state index in [1.807, 2.05) is 6.92 Å². The lowest BCUT2D eigenvalue weighted by atomic mass is 10.2. The summed E-state index contributed by atoms with van der Waals surface area (Å²) in [6.07, 6.45) is 0. The van der Waals surface area contributed by atoms with Crippen molar-refractivity contribution in [2.24, 2.45) is 0 Å². The zero-order chi connectivity index (χ0) is 18.9. The maximum absolute atomic E-state index is 12.5. The number of likely N-dealkylation sites (N-methyl/N-ethyl adjacent to an activating group) is 1. The van der Waals surface area contributed by atoms with Crippen molar-refractivity contribution in [3.05, 3.63) is 53.9 Å². The number of oxazole rings is 1. The normalized spacial score (nSPS) is 11.8. The molecular weight excluding hydrogens is 354 g/mol. The second-order valence-corrected chi connectivity index (χ2v) is 8.08. The van der Waals surface area contributed by atoms with Gasteiger partial charge in [-0.3, -0.25) is 4.79 Å². The number of carbonyl (C=O) groups excluding carboxylic acids is 1. The van der Waals surface area contributed by atoms with E-state index >= 15 is 0 Å². The van der Waals surface area contributed by atoms with E-state index in [2.05, 4.69) is 10.3 Å². The van der Waals surface area contributed by atoms with Crippen LogP contribution in [0.2, 0.25) is 0 Å². The number of rotatable bonds is 5. The molecule has 136 valence electrons. The standard InChI is InChI=1S/C18H19N3O4S/c1-12-4-7-15(8-5-12)26(23,24)21(3)11-18(22)20-14-6-9-17-16(10-14)19-13(2)25-17/h4-10H,11H2,1-3H3,(H,20,22). The number of fused-ring (bicyclic) bond motifs is 1. The molecule has 2 aromatic carbocycles. The van der Waals surface area contributed by atoms with Crippen LogP contribution in [0.1, 0.15) is 11.5 Å². The van der Waals surface area contributed by atoms with Gasteiger partial charge in [-0.2, -0.15) is 4.31 Å². The average Bonchev–Trinajstić information content (AvgIpc) is 2.94. The molecule has 8 heteroatoms. The third-order valence-corrected chi connectivity index (χ3v) is 5.69. The van der Waals surface area contributed by atoms with Crippen LogP contribution in [0.25, 0.3) is 11.1 Å². The molecule has 3 rings (SSSR count). The van der Waals surface area contributed by atoms with Crippen molar-refractivity contribution in [3.63, 3.8) is 0 Å². The molecule has 0 aliphatic carbocycles. The van der Waals surface area contributed by atoms with Gasteiger partial charge in [-0.15, -0.1) is 0 Å². The molecule has 0 saturated heterocycles. The number of aryl methyl sites for hydroxylation is 2. The molecule has 0 bridgehead atoms. The molecule has 0 radical (unpaired) electrons. The van der Waals surface area contributed by atoms with Crippen LogP contribution < -0.4 is 5.32 Å². The summed E-state index contributed by atoms with van der Waals surface area (Å²) < 4.78 is 31.5. The molecule has 0 fully saturated rings. The number of amides is 1. The van der Waals surface area contributed by atoms with Gasteiger partial charge in [-0.25, -0.2) is 13.4 Å². The first-order valence-corrected chi connectivity index (χ1v) is 9.40. The van der Waals surface area contributed by atoms with Gasteiger partial charge in [0.05, 0.1) is 11.4 Å². The minimum atomic E-state index is -3.73. The molecule has 7 nitrogen and oxygen atoms in total. The Kier molecular flexibility index (Phi) is 4.80. The maximum Gasteiger partial charge on any atom is 0.243 e. The van der Waals surface area contributed by atoms with E-state index in [1.165, 1.54) is 19.2 Å². The molecule has 26 heavy (non-hydrogen) atoms. The Balaban J connectivity index is 1.70. The summed E-state index contributed by atoms with van der Waals surface area (Å²) in [5.41, 5.74) is 2.74. The van der Waals surface area contributed by atoms with Crippen molar-refractivity contribution in [1.82, 2.24) is 9.29 Å². The van der Waals surface area contributed by atoms with Gasteiger partial charge in [0.25, 0.3) is 0 Å². The number of aromatic nitrogens is 1. The van der Waals surface area contributed by atoms with E-state index in [-0.39, 0.29) is 11.4 Å². The summed E-state index contributed by atoms with van der Waals surface area (Å²) in [6.45, 7) is 3.32. The monoisotopic (exact) mass is 373 g/mol. The minimum absolute atomic E-state index is 0.151. The fourth-order valence-electron chi connectivity index (χ4n) is 2.50. The van der Waals surface area contributed by atoms with Crippen molar-refractivity contribution in [1.29, 1.82) is 0 Å². The zero-order valence-corrected chi connectivity index (χ0v) is 15.5. The molecule has 1 heterocycles. The fourth-order valence-corrected chi connectivity index (χ4v) is 3.63. The predicted molar refractivity (Wildman–Crippen MR) is 98.4 cm³/mol. The summed E-state index contributed by atoms with van der Waals surface area (Å²) >= 11 is 0. The van der Waals surface area contributed by atoms with Gasteiger partial charge in [0, 0.05) is 19.7 Å². The molecule has 0 saturated carbocycles. The van der Waals surface area contributed by atoms with Gasteiger partial charge >= 0.3 is 0 Å². The largest absolute Gasteiger partial charge is 0.441 e. The first-order valence-electron chi connectivity index (χ1n) is 7.96. The third-order valence-electron chi connectivity index (χ3n) is 3.87. The molecule has 0 aliphatic heterocycles. The van der Waals surface area contributed by atoms with Gasteiger partial charge in [-0.1, -0.05) is 17.7 Å². The number of sulfonamides is 1. The quantitative estimate of drug-likeness (QED) is 0.742. The highest BCUT2D eigenvalue weighted by molar-refractivity contribution is 7.89. The number of nitrogens with one attached hydrogen (secondary N) is 1. The summed E-state index contributed by atoms with van der Waals surface area (Å²) in [7, 11) is -2.36. The second kappa shape index (κ2) is 6.89. The number of anilines is 1. The lowest BCUT2D eigenvalue weighted by Crippen LogP contribution is -2.34. The van der Waals surface area contributed by atoms with Crippen LogP contribution >= 0.6 is 0 Å². The Morgan fingerprint density at radius 3 is 2.54 bits per heavy atom. The van der Waals surface area contributed by atoms with Crippen LogP contribution in [-0.2, 0) is 14.8 Å². The summed E-state index contributed by atoms with van der Waals surface area (Å²) in [5, 5.41) is 2.68. The second-order valence-electron chi connectivity index (χ2n) is 6.04. The smallest absolute Gasteiger partial charge is 0.243 e. The van der Waals surface area contributed by atoms with E-state index in [1.54, 1.807) is 37.3 Å². The Hall–Kier alpha value is -2.71. The lowest BCUT2D eigenvalue weighted by Gasteiger charge is -2.17. The average molecular weight is 373 g/mol. The van der Waals surface area contributed by atoms with E-state index in [0.29, 0.717) is 22.7 Å². The minimum Gasteiger partial charge on any atom is -0.441 e. The van der Waals surface area contributed by atoms with Gasteiger partial charge in [0.2, 0.25) is 15.9 Å². The molecule has 0 spiro atoms. The predicted octanol–water partition coefficient (Wildman–Crippen LogP) is 2.70. The van der Waals surface area contributed by atoms with Gasteiger partial charge in [-0.05, 0) is 37.3 Å². The lowest BCUT2D eigenvalue weighted by molar-refractivity contribution is -0.116. The molecule has 1 aromatic heterocycles. The molecule has 1 N–H and O–H groups in total. The van der Waals surface area contributed by atoms with E-state index in [0.717, 1.165) is 9.87 Å². The van der Waals surface area contributed by atoms with Gasteiger partial charge in [0.1, 0.15) is 5.52 Å². The van der Waals surface area contributed by atoms with Crippen LogP contribution in [0.3, 0.4) is 0 Å². The molecule has 0 atom stereocenters. The highest BCUT2D eigenvalue weighted by Crippen LogP contribution is 2.20. The Morgan fingerprint density at radius 2 is 1.85 bits per heavy atom. The number of hydrogen-bond acceptors (Lipinski definition) is 5. The van der Waals surface area contributed by atoms with Crippen molar-refractivity contribution in [3.8, 4) is 0 Å². The van der Waals surface area contributed by atoms with Crippen LogP contribution in [0.4, 0.5) is 5.69 Å². The van der Waals surface area contributed by atoms with Crippen molar-refractivity contribution in [2.45, 2.75) is 18.7 Å². The fraction of sp³-hybridized carbons (Fsp3) is 0.222. The summed E-state index contributed by atoms with van der Waals surface area (Å²) in [5.74, 6) is 0.0927. The highest BCUT2D eigenvalue weighted by Gasteiger charge is 2.22. The van der Waals surface area contributed by atoms with Crippen LogP contribution in [0.5, 0.6) is 0 Å². The number of nitrogens with zero attached hydrogens (tertiary/aromatic N) is 2. The Bertz CT molecular complexity index is 1060. The van der Waals surface area contributed by atoms with Crippen LogP contribution in [0, 0.1) is 13.8 Å². The van der Waals surface area contributed by atoms with Gasteiger partial charge in [0.15, 0.2) is 11.5 Å². The Labute approximate surface area is 151 Å². The Morgan fingerprint density at radius 1 is 1.15 bits per heavy atom. The first kappa shape index (κ1) is 18.1. The summed E-state index contributed by atoms with van der Waals surface area (Å²) in [4.78, 5) is 16.6. The molecule has 1 amide bonds. The third kappa shape index (κ3) is 3.76. The SMILES string of the molecule is Cc1ccc(S(=O)(=O)N(C)CC(=O)Nc2ccc3oc(C)nc3c2)cc1. The topological polar surface area (TPSA) is 92.5 Å². The zero-order valence-electron chi connectivity index (χ0n) is 14.7. The molecule has 3 aromatic rings. The van der Waals surface area contributed by atoms with Crippen molar-refractivity contribution in [2.75, 3.05) is 18.9 Å². The number of hydrogen-bond donors (Lipinski definition) is 1. The molecular formula is C18H19N3O4S. The first-order chi connectivity index (χ1) is 12.3. The highest BCUT2D eigenvalue weighted by atomic mass is 32.2. The van der Waals surface area contributed by atoms with Crippen LogP contribution in [-0.4, -0.2) is 37.2 Å². The van der Waals surface area contributed by atoms with Crippen molar-refractivity contribution < 1.29 is 17.6 Å². The van der Waals surface area contributed by atoms with Crippen LogP contribution in [0.15, 0.2) is 51.8 Å². The maximum atomic E-state index is 12.5. The summed E-state index contributed by atoms with van der Waals surface area (Å²) in [6, 6.07) is 11.6. The van der Waals surface area contributed by atoms with E-state index in [4.69, 9.17) is 4.42 Å². The van der Waals surface area contributed by atoms with Gasteiger partial charge < -0.3 is 9.73 Å².